The average Bonchev–Trinajstić information content (AvgIpc) is 2.89. The van der Waals surface area contributed by atoms with Gasteiger partial charge in [-0.3, -0.25) is 4.79 Å². The van der Waals surface area contributed by atoms with Gasteiger partial charge < -0.3 is 9.64 Å². The number of esters is 1. The van der Waals surface area contributed by atoms with Crippen LogP contribution in [0.5, 0.6) is 0 Å². The summed E-state index contributed by atoms with van der Waals surface area (Å²) in [6.07, 6.45) is 0.880. The molecule has 6 heteroatoms. The van der Waals surface area contributed by atoms with Crippen molar-refractivity contribution in [3.8, 4) is 0 Å². The minimum absolute atomic E-state index is 0.201. The number of carbonyl (C=O) groups excluding carboxylic acids is 2. The molecule has 0 saturated carbocycles. The Balaban J connectivity index is 1.47. The summed E-state index contributed by atoms with van der Waals surface area (Å²) >= 11 is 1.76. The van der Waals surface area contributed by atoms with Gasteiger partial charge in [-0.1, -0.05) is 43.3 Å². The van der Waals surface area contributed by atoms with Crippen LogP contribution in [0.15, 0.2) is 65.6 Å². The average molecular weight is 392 g/mol. The lowest BCUT2D eigenvalue weighted by molar-refractivity contribution is -0.121. The summed E-state index contributed by atoms with van der Waals surface area (Å²) < 4.78 is 5.28. The summed E-state index contributed by atoms with van der Waals surface area (Å²) in [6, 6.07) is 18.8. The van der Waals surface area contributed by atoms with E-state index in [9.17, 15) is 9.59 Å². The maximum Gasteiger partial charge on any atom is 0.357 e. The van der Waals surface area contributed by atoms with E-state index in [-0.39, 0.29) is 18.2 Å². The molecule has 1 amide bonds. The molecule has 0 bridgehead atoms. The van der Waals surface area contributed by atoms with Crippen LogP contribution in [-0.4, -0.2) is 35.3 Å². The molecule has 1 aromatic heterocycles. The first kappa shape index (κ1) is 18.5. The number of hydrogen-bond donors (Lipinski definition) is 0. The van der Waals surface area contributed by atoms with Gasteiger partial charge in [-0.05, 0) is 30.7 Å². The molecule has 4 rings (SSSR count). The van der Waals surface area contributed by atoms with Gasteiger partial charge in [0.05, 0.1) is 11.2 Å². The highest BCUT2D eigenvalue weighted by atomic mass is 32.2. The Bertz CT molecular complexity index is 1040. The van der Waals surface area contributed by atoms with Crippen molar-refractivity contribution >= 4 is 40.2 Å². The lowest BCUT2D eigenvalue weighted by Crippen LogP contribution is -2.35. The van der Waals surface area contributed by atoms with Gasteiger partial charge in [0, 0.05) is 22.1 Å². The zero-order valence-electron chi connectivity index (χ0n) is 15.5. The number of thioether (sulfide) groups is 1. The topological polar surface area (TPSA) is 59.5 Å². The summed E-state index contributed by atoms with van der Waals surface area (Å²) in [5, 5.41) is 1.37. The van der Waals surface area contributed by atoms with Crippen LogP contribution in [0, 0.1) is 0 Å². The molecule has 0 spiro atoms. The number of para-hydroxylation sites is 2. The summed E-state index contributed by atoms with van der Waals surface area (Å²) in [4.78, 5) is 32.3. The minimum atomic E-state index is -0.593. The van der Waals surface area contributed by atoms with Crippen LogP contribution in [0.2, 0.25) is 0 Å². The first-order valence-electron chi connectivity index (χ1n) is 9.21. The second-order valence-electron chi connectivity index (χ2n) is 6.70. The number of nitrogens with zero attached hydrogens (tertiary/aromatic N) is 2. The zero-order chi connectivity index (χ0) is 19.5. The molecule has 28 heavy (non-hydrogen) atoms. The van der Waals surface area contributed by atoms with E-state index in [2.05, 4.69) is 11.9 Å². The number of anilines is 1. The fourth-order valence-corrected chi connectivity index (χ4v) is 4.32. The van der Waals surface area contributed by atoms with Crippen molar-refractivity contribution in [2.24, 2.45) is 0 Å². The van der Waals surface area contributed by atoms with E-state index < -0.39 is 5.97 Å². The van der Waals surface area contributed by atoms with Gasteiger partial charge in [0.25, 0.3) is 5.91 Å². The maximum absolute atomic E-state index is 12.8. The summed E-state index contributed by atoms with van der Waals surface area (Å²) in [5.41, 5.74) is 1.80. The monoisotopic (exact) mass is 392 g/mol. The molecule has 1 unspecified atom stereocenters. The van der Waals surface area contributed by atoms with E-state index in [0.29, 0.717) is 11.8 Å². The second-order valence-corrected chi connectivity index (χ2v) is 8.18. The number of amides is 1. The minimum Gasteiger partial charge on any atom is -0.451 e. The van der Waals surface area contributed by atoms with Gasteiger partial charge in [0.1, 0.15) is 5.69 Å². The highest BCUT2D eigenvalue weighted by Crippen LogP contribution is 2.37. The molecule has 142 valence electrons. The van der Waals surface area contributed by atoms with Crippen LogP contribution >= 0.6 is 11.8 Å². The van der Waals surface area contributed by atoms with Gasteiger partial charge in [-0.2, -0.15) is 0 Å². The number of aromatic nitrogens is 1. The third-order valence-corrected chi connectivity index (χ3v) is 5.92. The number of benzene rings is 2. The molecule has 2 heterocycles. The Morgan fingerprint density at radius 3 is 2.79 bits per heavy atom. The van der Waals surface area contributed by atoms with Gasteiger partial charge in [-0.25, -0.2) is 9.78 Å². The maximum atomic E-state index is 12.8. The Morgan fingerprint density at radius 2 is 1.89 bits per heavy atom. The van der Waals surface area contributed by atoms with E-state index in [0.717, 1.165) is 27.9 Å². The van der Waals surface area contributed by atoms with Crippen LogP contribution < -0.4 is 4.90 Å². The molecule has 1 atom stereocenters. The molecule has 5 nitrogen and oxygen atoms in total. The van der Waals surface area contributed by atoms with Crippen molar-refractivity contribution in [3.63, 3.8) is 0 Å². The van der Waals surface area contributed by atoms with E-state index >= 15 is 0 Å². The number of rotatable bonds is 3. The number of hydrogen-bond acceptors (Lipinski definition) is 5. The Labute approximate surface area is 167 Å². The first-order chi connectivity index (χ1) is 13.6. The quantitative estimate of drug-likeness (QED) is 0.622. The number of carbonyl (C=O) groups is 2. The van der Waals surface area contributed by atoms with Gasteiger partial charge in [0.15, 0.2) is 6.61 Å². The highest BCUT2D eigenvalue weighted by molar-refractivity contribution is 8.00. The predicted octanol–water partition coefficient (Wildman–Crippen LogP) is 4.31. The smallest absolute Gasteiger partial charge is 0.357 e. The molecular weight excluding hydrogens is 372 g/mol. The fraction of sp³-hybridized carbons (Fsp3) is 0.227. The van der Waals surface area contributed by atoms with E-state index in [1.54, 1.807) is 22.7 Å². The van der Waals surface area contributed by atoms with Crippen LogP contribution in [0.4, 0.5) is 5.69 Å². The van der Waals surface area contributed by atoms with Crippen LogP contribution in [-0.2, 0) is 9.53 Å². The lowest BCUT2D eigenvalue weighted by atomic mass is 10.2. The zero-order valence-corrected chi connectivity index (χ0v) is 16.3. The van der Waals surface area contributed by atoms with Gasteiger partial charge in [0.2, 0.25) is 0 Å². The fourth-order valence-electron chi connectivity index (χ4n) is 3.20. The van der Waals surface area contributed by atoms with Crippen LogP contribution in [0.1, 0.15) is 23.8 Å². The van der Waals surface area contributed by atoms with Crippen LogP contribution in [0.25, 0.3) is 10.9 Å². The highest BCUT2D eigenvalue weighted by Gasteiger charge is 2.25. The molecule has 0 N–H and O–H groups in total. The molecule has 3 aromatic rings. The van der Waals surface area contributed by atoms with Gasteiger partial charge in [-0.15, -0.1) is 11.8 Å². The molecule has 1 aliphatic rings. The Kier molecular flexibility index (Phi) is 5.30. The standard InChI is InChI=1S/C22H20N2O3S/c1-15-12-13-24(19-8-4-5-9-20(19)28-15)21(25)14-27-22(26)18-11-10-16-6-2-3-7-17(16)23-18/h2-11,15H,12-14H2,1H3. The molecular formula is C22H20N2O3S. The molecule has 0 aliphatic carbocycles. The van der Waals surface area contributed by atoms with Gasteiger partial charge >= 0.3 is 5.97 Å². The van der Waals surface area contributed by atoms with Crippen molar-refractivity contribution in [3.05, 3.63) is 66.4 Å². The molecule has 0 saturated heterocycles. The number of fused-ring (bicyclic) bond motifs is 2. The summed E-state index contributed by atoms with van der Waals surface area (Å²) in [7, 11) is 0. The van der Waals surface area contributed by atoms with Crippen molar-refractivity contribution in [2.45, 2.75) is 23.5 Å². The molecule has 1 aliphatic heterocycles. The van der Waals surface area contributed by atoms with Crippen molar-refractivity contribution in [1.82, 2.24) is 4.98 Å². The first-order valence-corrected chi connectivity index (χ1v) is 10.1. The van der Waals surface area contributed by atoms with E-state index in [1.807, 2.05) is 54.6 Å². The normalized spacial score (nSPS) is 16.3. The van der Waals surface area contributed by atoms with E-state index in [4.69, 9.17) is 4.74 Å². The predicted molar refractivity (Wildman–Crippen MR) is 111 cm³/mol. The molecule has 0 fully saturated rings. The number of ether oxygens (including phenoxy) is 1. The summed E-state index contributed by atoms with van der Waals surface area (Å²) in [6.45, 7) is 2.46. The number of pyridine rings is 1. The summed E-state index contributed by atoms with van der Waals surface area (Å²) in [5.74, 6) is -0.818. The third kappa shape index (κ3) is 3.87. The van der Waals surface area contributed by atoms with Crippen molar-refractivity contribution in [2.75, 3.05) is 18.1 Å². The van der Waals surface area contributed by atoms with Crippen molar-refractivity contribution < 1.29 is 14.3 Å². The lowest BCUT2D eigenvalue weighted by Gasteiger charge is -2.22. The van der Waals surface area contributed by atoms with E-state index in [1.165, 1.54) is 0 Å². The van der Waals surface area contributed by atoms with Crippen molar-refractivity contribution in [1.29, 1.82) is 0 Å². The molecule has 2 aromatic carbocycles. The largest absolute Gasteiger partial charge is 0.451 e. The molecule has 0 radical (unpaired) electrons. The Hall–Kier alpha value is -2.86. The Morgan fingerprint density at radius 1 is 1.11 bits per heavy atom. The third-order valence-electron chi connectivity index (χ3n) is 4.68. The van der Waals surface area contributed by atoms with Crippen LogP contribution in [0.3, 0.4) is 0 Å². The second kappa shape index (κ2) is 8.02. The SMILES string of the molecule is CC1CCN(C(=O)COC(=O)c2ccc3ccccc3n2)c2ccccc2S1.